The quantitative estimate of drug-likeness (QED) is 0.229. The van der Waals surface area contributed by atoms with Crippen LogP contribution in [0.2, 0.25) is 0 Å². The first-order chi connectivity index (χ1) is 17.0. The van der Waals surface area contributed by atoms with Crippen molar-refractivity contribution in [3.8, 4) is 11.1 Å². The summed E-state index contributed by atoms with van der Waals surface area (Å²) in [5, 5.41) is 6.05. The number of anilines is 2. The minimum atomic E-state index is -0.212. The Balaban J connectivity index is 1.56. The standard InChI is InChI=1S/C26H27N5O3S/c1-3-4-14-31-25(34)24-23(21(15-27-24)18-8-6-5-7-9-18)30-26(31)35-16-22(33)29-20-12-10-19(11-13-20)28-17(2)32/h5-13,15,27H,3-4,14,16H2,1-2H3,(H,28,32)(H,29,33). The van der Waals surface area contributed by atoms with Gasteiger partial charge in [0.25, 0.3) is 5.56 Å². The molecule has 2 aromatic carbocycles. The van der Waals surface area contributed by atoms with Gasteiger partial charge in [-0.25, -0.2) is 4.98 Å². The van der Waals surface area contributed by atoms with Crippen LogP contribution in [-0.2, 0) is 16.1 Å². The number of H-pyrrole nitrogens is 1. The molecule has 0 aliphatic carbocycles. The number of thioether (sulfide) groups is 1. The van der Waals surface area contributed by atoms with Crippen molar-refractivity contribution in [2.45, 2.75) is 38.4 Å². The van der Waals surface area contributed by atoms with E-state index >= 15 is 0 Å². The van der Waals surface area contributed by atoms with E-state index in [1.807, 2.05) is 36.5 Å². The molecule has 35 heavy (non-hydrogen) atoms. The molecular weight excluding hydrogens is 462 g/mol. The summed E-state index contributed by atoms with van der Waals surface area (Å²) in [7, 11) is 0. The molecule has 2 amide bonds. The summed E-state index contributed by atoms with van der Waals surface area (Å²) in [4.78, 5) is 45.0. The highest BCUT2D eigenvalue weighted by molar-refractivity contribution is 7.99. The minimum Gasteiger partial charge on any atom is -0.355 e. The van der Waals surface area contributed by atoms with Gasteiger partial charge in [0.05, 0.1) is 5.75 Å². The van der Waals surface area contributed by atoms with Crippen molar-refractivity contribution < 1.29 is 9.59 Å². The zero-order valence-corrected chi connectivity index (χ0v) is 20.4. The fourth-order valence-electron chi connectivity index (χ4n) is 3.70. The second-order valence-electron chi connectivity index (χ2n) is 8.09. The molecule has 2 aromatic heterocycles. The van der Waals surface area contributed by atoms with E-state index in [1.165, 1.54) is 18.7 Å². The molecule has 4 rings (SSSR count). The number of carbonyl (C=O) groups excluding carboxylic acids is 2. The number of rotatable bonds is 9. The Morgan fingerprint density at radius 2 is 1.71 bits per heavy atom. The van der Waals surface area contributed by atoms with Crippen molar-refractivity contribution >= 4 is 46.0 Å². The third-order valence-electron chi connectivity index (χ3n) is 5.39. The average molecular weight is 490 g/mol. The maximum Gasteiger partial charge on any atom is 0.278 e. The molecule has 0 saturated heterocycles. The largest absolute Gasteiger partial charge is 0.355 e. The predicted octanol–water partition coefficient (Wildman–Crippen LogP) is 4.88. The van der Waals surface area contributed by atoms with Gasteiger partial charge in [0.2, 0.25) is 11.8 Å². The van der Waals surface area contributed by atoms with Crippen LogP contribution in [0.3, 0.4) is 0 Å². The van der Waals surface area contributed by atoms with Crippen molar-refractivity contribution in [2.75, 3.05) is 16.4 Å². The number of carbonyl (C=O) groups is 2. The average Bonchev–Trinajstić information content (AvgIpc) is 3.28. The number of fused-ring (bicyclic) bond motifs is 1. The van der Waals surface area contributed by atoms with Crippen LogP contribution in [0.15, 0.2) is 70.7 Å². The lowest BCUT2D eigenvalue weighted by Crippen LogP contribution is -2.24. The first-order valence-corrected chi connectivity index (χ1v) is 12.4. The fraction of sp³-hybridized carbons (Fsp3) is 0.231. The predicted molar refractivity (Wildman–Crippen MR) is 141 cm³/mol. The van der Waals surface area contributed by atoms with Crippen LogP contribution in [0, 0.1) is 0 Å². The van der Waals surface area contributed by atoms with Gasteiger partial charge >= 0.3 is 0 Å². The van der Waals surface area contributed by atoms with Crippen LogP contribution in [0.1, 0.15) is 26.7 Å². The number of nitrogens with one attached hydrogen (secondary N) is 3. The number of benzene rings is 2. The number of nitrogens with zero attached hydrogens (tertiary/aromatic N) is 2. The maximum atomic E-state index is 13.3. The van der Waals surface area contributed by atoms with E-state index in [-0.39, 0.29) is 23.1 Å². The Morgan fingerprint density at radius 3 is 2.37 bits per heavy atom. The van der Waals surface area contributed by atoms with Gasteiger partial charge in [-0.05, 0) is 36.2 Å². The highest BCUT2D eigenvalue weighted by Gasteiger charge is 2.17. The van der Waals surface area contributed by atoms with E-state index in [9.17, 15) is 14.4 Å². The van der Waals surface area contributed by atoms with Crippen molar-refractivity contribution in [1.82, 2.24) is 14.5 Å². The number of aromatic nitrogens is 3. The number of amides is 2. The van der Waals surface area contributed by atoms with Crippen LogP contribution in [0.5, 0.6) is 0 Å². The number of aromatic amines is 1. The Labute approximate surface area is 207 Å². The molecule has 0 fully saturated rings. The third kappa shape index (κ3) is 5.81. The summed E-state index contributed by atoms with van der Waals surface area (Å²) < 4.78 is 1.65. The van der Waals surface area contributed by atoms with Crippen LogP contribution < -0.4 is 16.2 Å². The molecule has 3 N–H and O–H groups in total. The summed E-state index contributed by atoms with van der Waals surface area (Å²) in [6.45, 7) is 4.04. The monoisotopic (exact) mass is 489 g/mol. The molecule has 180 valence electrons. The first kappa shape index (κ1) is 24.3. The van der Waals surface area contributed by atoms with Gasteiger partial charge in [0, 0.05) is 36.6 Å². The second kappa shape index (κ2) is 11.1. The van der Waals surface area contributed by atoms with E-state index in [2.05, 4.69) is 22.5 Å². The molecule has 0 bridgehead atoms. The highest BCUT2D eigenvalue weighted by atomic mass is 32.2. The van der Waals surface area contributed by atoms with Gasteiger partial charge < -0.3 is 15.6 Å². The Morgan fingerprint density at radius 1 is 1.03 bits per heavy atom. The first-order valence-electron chi connectivity index (χ1n) is 11.4. The zero-order valence-electron chi connectivity index (χ0n) is 19.6. The summed E-state index contributed by atoms with van der Waals surface area (Å²) in [5.41, 5.74) is 4.02. The van der Waals surface area contributed by atoms with Crippen LogP contribution in [0.25, 0.3) is 22.2 Å². The number of hydrogen-bond donors (Lipinski definition) is 3. The fourth-order valence-corrected chi connectivity index (χ4v) is 4.52. The van der Waals surface area contributed by atoms with Crippen molar-refractivity contribution in [3.63, 3.8) is 0 Å². The second-order valence-corrected chi connectivity index (χ2v) is 9.03. The lowest BCUT2D eigenvalue weighted by Gasteiger charge is -2.12. The molecule has 0 aliphatic heterocycles. The summed E-state index contributed by atoms with van der Waals surface area (Å²) in [6.07, 6.45) is 3.58. The van der Waals surface area contributed by atoms with Crippen molar-refractivity contribution in [2.24, 2.45) is 0 Å². The van der Waals surface area contributed by atoms with E-state index < -0.39 is 0 Å². The van der Waals surface area contributed by atoms with Gasteiger partial charge in [0.15, 0.2) is 5.16 Å². The Kier molecular flexibility index (Phi) is 7.67. The molecular formula is C26H27N5O3S. The van der Waals surface area contributed by atoms with Gasteiger partial charge in [0.1, 0.15) is 11.0 Å². The molecule has 9 heteroatoms. The molecule has 8 nitrogen and oxygen atoms in total. The number of unbranched alkanes of at least 4 members (excludes halogenated alkanes) is 1. The topological polar surface area (TPSA) is 109 Å². The SMILES string of the molecule is CCCCn1c(SCC(=O)Nc2ccc(NC(C)=O)cc2)nc2c(-c3ccccc3)c[nH]c2c1=O. The Bertz CT molecular complexity index is 1390. The minimum absolute atomic E-state index is 0.0998. The Hall–Kier alpha value is -3.85. The highest BCUT2D eigenvalue weighted by Crippen LogP contribution is 2.28. The molecule has 2 heterocycles. The smallest absolute Gasteiger partial charge is 0.278 e. The molecule has 0 unspecified atom stereocenters. The van der Waals surface area contributed by atoms with Crippen LogP contribution in [0.4, 0.5) is 11.4 Å². The maximum absolute atomic E-state index is 13.3. The molecule has 0 radical (unpaired) electrons. The molecule has 0 aliphatic rings. The van der Waals surface area contributed by atoms with E-state index in [0.29, 0.717) is 34.1 Å². The lowest BCUT2D eigenvalue weighted by atomic mass is 10.1. The van der Waals surface area contributed by atoms with Gasteiger partial charge in [-0.15, -0.1) is 0 Å². The molecule has 4 aromatic rings. The normalized spacial score (nSPS) is 10.9. The van der Waals surface area contributed by atoms with Gasteiger partial charge in [-0.3, -0.25) is 19.0 Å². The summed E-state index contributed by atoms with van der Waals surface area (Å²) in [6, 6.07) is 16.7. The molecule has 0 saturated carbocycles. The van der Waals surface area contributed by atoms with E-state index in [1.54, 1.807) is 28.8 Å². The van der Waals surface area contributed by atoms with E-state index in [0.717, 1.165) is 24.0 Å². The summed E-state index contributed by atoms with van der Waals surface area (Å²) in [5.74, 6) is -0.270. The third-order valence-corrected chi connectivity index (χ3v) is 6.37. The van der Waals surface area contributed by atoms with Gasteiger partial charge in [-0.2, -0.15) is 0 Å². The van der Waals surface area contributed by atoms with E-state index in [4.69, 9.17) is 4.98 Å². The lowest BCUT2D eigenvalue weighted by molar-refractivity contribution is -0.114. The molecule has 0 spiro atoms. The summed E-state index contributed by atoms with van der Waals surface area (Å²) >= 11 is 1.24. The van der Waals surface area contributed by atoms with Crippen molar-refractivity contribution in [1.29, 1.82) is 0 Å². The van der Waals surface area contributed by atoms with Crippen LogP contribution >= 0.6 is 11.8 Å². The zero-order chi connectivity index (χ0) is 24.8. The number of hydrogen-bond acceptors (Lipinski definition) is 5. The molecule has 0 atom stereocenters. The van der Waals surface area contributed by atoms with Crippen molar-refractivity contribution in [3.05, 3.63) is 71.1 Å². The van der Waals surface area contributed by atoms with Gasteiger partial charge in [-0.1, -0.05) is 55.4 Å². The van der Waals surface area contributed by atoms with Crippen LogP contribution in [-0.4, -0.2) is 32.1 Å².